The Bertz CT molecular complexity index is 725. The summed E-state index contributed by atoms with van der Waals surface area (Å²) in [5.41, 5.74) is 5.72. The Balaban J connectivity index is 2.72. The number of nitrogens with zero attached hydrogens (tertiary/aromatic N) is 1. The molecular formula is C12H8Cl3N3O. The maximum absolute atomic E-state index is 11.3. The van der Waals surface area contributed by atoms with Crippen molar-refractivity contribution in [3.05, 3.63) is 56.6 Å². The molecule has 2 aromatic rings. The number of nitrogens with two attached hydrogens (primary N) is 1. The molecule has 3 N–H and O–H groups in total. The van der Waals surface area contributed by atoms with Crippen molar-refractivity contribution < 1.29 is 4.79 Å². The first-order valence-corrected chi connectivity index (χ1v) is 6.25. The molecule has 7 heteroatoms. The molecule has 98 valence electrons. The Morgan fingerprint density at radius 3 is 2.42 bits per heavy atom. The zero-order chi connectivity index (χ0) is 14.2. The van der Waals surface area contributed by atoms with Crippen LogP contribution in [0, 0.1) is 5.41 Å². The minimum absolute atomic E-state index is 0.0265. The van der Waals surface area contributed by atoms with Crippen LogP contribution >= 0.6 is 34.8 Å². The van der Waals surface area contributed by atoms with Gasteiger partial charge in [-0.25, -0.2) is 0 Å². The Morgan fingerprint density at radius 2 is 1.84 bits per heavy atom. The van der Waals surface area contributed by atoms with Gasteiger partial charge in [0.1, 0.15) is 5.49 Å². The van der Waals surface area contributed by atoms with Crippen LogP contribution in [-0.2, 0) is 0 Å². The number of amides is 1. The SMILES string of the molecule is N=c1c(C(N)=O)cc(Cl)cn1-c1ccc(Cl)c(Cl)c1. The smallest absolute Gasteiger partial charge is 0.252 e. The van der Waals surface area contributed by atoms with Crippen LogP contribution in [0.1, 0.15) is 10.4 Å². The fraction of sp³-hybridized carbons (Fsp3) is 0. The summed E-state index contributed by atoms with van der Waals surface area (Å²) >= 11 is 17.7. The van der Waals surface area contributed by atoms with Crippen LogP contribution < -0.4 is 11.2 Å². The largest absolute Gasteiger partial charge is 0.365 e. The molecule has 0 bridgehead atoms. The quantitative estimate of drug-likeness (QED) is 0.878. The predicted octanol–water partition coefficient (Wildman–Crippen LogP) is 3.02. The summed E-state index contributed by atoms with van der Waals surface area (Å²) in [6.45, 7) is 0. The molecule has 1 heterocycles. The molecule has 19 heavy (non-hydrogen) atoms. The monoisotopic (exact) mass is 315 g/mol. The van der Waals surface area contributed by atoms with E-state index >= 15 is 0 Å². The third-order valence-corrected chi connectivity index (χ3v) is 3.42. The number of rotatable bonds is 2. The number of hydrogen-bond acceptors (Lipinski definition) is 2. The molecule has 0 aliphatic carbocycles. The van der Waals surface area contributed by atoms with Gasteiger partial charge in [-0.2, -0.15) is 0 Å². The lowest BCUT2D eigenvalue weighted by molar-refractivity contribution is 0.0998. The number of halogens is 3. The van der Waals surface area contributed by atoms with Gasteiger partial charge in [0, 0.05) is 11.9 Å². The molecule has 0 unspecified atom stereocenters. The van der Waals surface area contributed by atoms with E-state index < -0.39 is 5.91 Å². The van der Waals surface area contributed by atoms with E-state index in [0.717, 1.165) is 0 Å². The lowest BCUT2D eigenvalue weighted by Crippen LogP contribution is -2.28. The maximum Gasteiger partial charge on any atom is 0.252 e. The second-order valence-electron chi connectivity index (χ2n) is 3.75. The van der Waals surface area contributed by atoms with Crippen molar-refractivity contribution >= 4 is 40.7 Å². The number of carbonyl (C=O) groups is 1. The molecule has 0 fully saturated rings. The van der Waals surface area contributed by atoms with E-state index in [1.807, 2.05) is 0 Å². The summed E-state index contributed by atoms with van der Waals surface area (Å²) in [6.07, 6.45) is 1.50. The van der Waals surface area contributed by atoms with Gasteiger partial charge in [-0.3, -0.25) is 10.2 Å². The molecule has 0 saturated heterocycles. The first kappa shape index (κ1) is 13.9. The molecule has 1 amide bonds. The summed E-state index contributed by atoms with van der Waals surface area (Å²) in [6, 6.07) is 6.17. The number of primary amides is 1. The van der Waals surface area contributed by atoms with E-state index in [1.165, 1.54) is 16.8 Å². The van der Waals surface area contributed by atoms with Crippen LogP contribution in [0.4, 0.5) is 0 Å². The van der Waals surface area contributed by atoms with E-state index in [2.05, 4.69) is 0 Å². The van der Waals surface area contributed by atoms with Crippen molar-refractivity contribution in [2.45, 2.75) is 0 Å². The normalized spacial score (nSPS) is 10.5. The van der Waals surface area contributed by atoms with Crippen LogP contribution in [0.3, 0.4) is 0 Å². The van der Waals surface area contributed by atoms with Gasteiger partial charge in [0.25, 0.3) is 5.91 Å². The third kappa shape index (κ3) is 2.76. The minimum Gasteiger partial charge on any atom is -0.365 e. The standard InChI is InChI=1S/C12H8Cl3N3O/c13-6-3-8(12(17)19)11(16)18(5-6)7-1-2-9(14)10(15)4-7/h1-5,16H,(H2,17,19). The average molecular weight is 317 g/mol. The van der Waals surface area contributed by atoms with E-state index in [-0.39, 0.29) is 16.1 Å². The number of aromatic nitrogens is 1. The molecule has 0 saturated carbocycles. The lowest BCUT2D eigenvalue weighted by Gasteiger charge is -2.10. The van der Waals surface area contributed by atoms with Gasteiger partial charge in [-0.1, -0.05) is 34.8 Å². The highest BCUT2D eigenvalue weighted by Gasteiger charge is 2.10. The van der Waals surface area contributed by atoms with Crippen LogP contribution in [0.25, 0.3) is 5.69 Å². The number of pyridine rings is 1. The number of carbonyl (C=O) groups excluding carboxylic acids is 1. The molecule has 0 aliphatic heterocycles. The number of hydrogen-bond donors (Lipinski definition) is 2. The Kier molecular flexibility index (Phi) is 3.85. The highest BCUT2D eigenvalue weighted by molar-refractivity contribution is 6.42. The second kappa shape index (κ2) is 5.25. The molecule has 2 rings (SSSR count). The van der Waals surface area contributed by atoms with Crippen molar-refractivity contribution in [3.63, 3.8) is 0 Å². The highest BCUT2D eigenvalue weighted by atomic mass is 35.5. The first-order chi connectivity index (χ1) is 8.90. The molecule has 0 atom stereocenters. The van der Waals surface area contributed by atoms with E-state index in [0.29, 0.717) is 15.7 Å². The highest BCUT2D eigenvalue weighted by Crippen LogP contribution is 2.24. The molecule has 0 aliphatic rings. The van der Waals surface area contributed by atoms with Gasteiger partial charge in [0.2, 0.25) is 0 Å². The van der Waals surface area contributed by atoms with E-state index in [1.54, 1.807) is 18.2 Å². The fourth-order valence-corrected chi connectivity index (χ4v) is 2.09. The Hall–Kier alpha value is -1.49. The molecule has 0 radical (unpaired) electrons. The zero-order valence-corrected chi connectivity index (χ0v) is 11.7. The molecule has 1 aromatic carbocycles. The molecule has 1 aromatic heterocycles. The van der Waals surface area contributed by atoms with Crippen molar-refractivity contribution in [3.8, 4) is 5.69 Å². The van der Waals surface area contributed by atoms with Crippen LogP contribution in [0.2, 0.25) is 15.1 Å². The number of nitrogens with one attached hydrogen (secondary N) is 1. The van der Waals surface area contributed by atoms with Gasteiger partial charge in [-0.15, -0.1) is 0 Å². The predicted molar refractivity (Wildman–Crippen MR) is 75.2 cm³/mol. The second-order valence-corrected chi connectivity index (χ2v) is 5.00. The van der Waals surface area contributed by atoms with Gasteiger partial charge >= 0.3 is 0 Å². The Morgan fingerprint density at radius 1 is 1.16 bits per heavy atom. The van der Waals surface area contributed by atoms with Crippen LogP contribution in [0.15, 0.2) is 30.5 Å². The van der Waals surface area contributed by atoms with Crippen molar-refractivity contribution in [2.75, 3.05) is 0 Å². The van der Waals surface area contributed by atoms with Crippen LogP contribution in [-0.4, -0.2) is 10.5 Å². The summed E-state index contributed by atoms with van der Waals surface area (Å²) in [5.74, 6) is -0.721. The summed E-state index contributed by atoms with van der Waals surface area (Å²) < 4.78 is 1.41. The van der Waals surface area contributed by atoms with Gasteiger partial charge < -0.3 is 10.3 Å². The minimum atomic E-state index is -0.721. The third-order valence-electron chi connectivity index (χ3n) is 2.48. The average Bonchev–Trinajstić information content (AvgIpc) is 2.35. The van der Waals surface area contributed by atoms with Gasteiger partial charge in [-0.05, 0) is 24.3 Å². The topological polar surface area (TPSA) is 71.9 Å². The number of benzene rings is 1. The van der Waals surface area contributed by atoms with Crippen molar-refractivity contribution in [1.29, 1.82) is 5.41 Å². The van der Waals surface area contributed by atoms with E-state index in [4.69, 9.17) is 45.9 Å². The maximum atomic E-state index is 11.3. The van der Waals surface area contributed by atoms with Gasteiger partial charge in [0.15, 0.2) is 0 Å². The molecule has 0 spiro atoms. The first-order valence-electron chi connectivity index (χ1n) is 5.12. The lowest BCUT2D eigenvalue weighted by atomic mass is 10.2. The van der Waals surface area contributed by atoms with Gasteiger partial charge in [0.05, 0.1) is 20.6 Å². The molecule has 4 nitrogen and oxygen atoms in total. The Labute approximate surface area is 123 Å². The summed E-state index contributed by atoms with van der Waals surface area (Å²) in [7, 11) is 0. The van der Waals surface area contributed by atoms with Crippen LogP contribution in [0.5, 0.6) is 0 Å². The van der Waals surface area contributed by atoms with E-state index in [9.17, 15) is 4.79 Å². The van der Waals surface area contributed by atoms with Crippen molar-refractivity contribution in [1.82, 2.24) is 4.57 Å². The molecular weight excluding hydrogens is 309 g/mol. The zero-order valence-electron chi connectivity index (χ0n) is 9.45. The fourth-order valence-electron chi connectivity index (χ4n) is 1.59. The summed E-state index contributed by atoms with van der Waals surface area (Å²) in [5, 5.41) is 8.99. The summed E-state index contributed by atoms with van der Waals surface area (Å²) in [4.78, 5) is 11.3. The van der Waals surface area contributed by atoms with Crippen molar-refractivity contribution in [2.24, 2.45) is 5.73 Å².